The fourth-order valence-electron chi connectivity index (χ4n) is 0.803. The van der Waals surface area contributed by atoms with Crippen molar-refractivity contribution in [3.63, 3.8) is 0 Å². The van der Waals surface area contributed by atoms with E-state index in [0.717, 1.165) is 9.13 Å². The van der Waals surface area contributed by atoms with Gasteiger partial charge in [0.25, 0.3) is 0 Å². The molecule has 0 aromatic heterocycles. The molecule has 0 bridgehead atoms. The molecule has 13 heavy (non-hydrogen) atoms. The number of hydrogen-bond acceptors (Lipinski definition) is 3. The maximum atomic E-state index is 10.7. The zero-order valence-electron chi connectivity index (χ0n) is 7.00. The summed E-state index contributed by atoms with van der Waals surface area (Å²) >= 11 is 2.22. The normalized spacial score (nSPS) is 9.69. The van der Waals surface area contributed by atoms with Crippen molar-refractivity contribution < 1.29 is 9.53 Å². The van der Waals surface area contributed by atoms with E-state index in [1.807, 2.05) is 24.3 Å². The summed E-state index contributed by atoms with van der Waals surface area (Å²) in [5.41, 5.74) is 6.06. The van der Waals surface area contributed by atoms with E-state index in [1.54, 1.807) is 0 Å². The third-order valence-corrected chi connectivity index (χ3v) is 2.20. The Morgan fingerprint density at radius 1 is 1.38 bits per heavy atom. The number of carbonyl (C=O) groups is 1. The van der Waals surface area contributed by atoms with Gasteiger partial charge in [0, 0.05) is 3.57 Å². The SMILES string of the molecule is NCC(=O)OCc1ccc(I)cc1. The van der Waals surface area contributed by atoms with E-state index in [-0.39, 0.29) is 12.5 Å². The molecule has 0 saturated carbocycles. The van der Waals surface area contributed by atoms with E-state index >= 15 is 0 Å². The first-order valence-electron chi connectivity index (χ1n) is 3.82. The Labute approximate surface area is 90.4 Å². The molecule has 0 aliphatic rings. The van der Waals surface area contributed by atoms with Crippen molar-refractivity contribution in [1.29, 1.82) is 0 Å². The molecule has 1 aromatic rings. The fraction of sp³-hybridized carbons (Fsp3) is 0.222. The topological polar surface area (TPSA) is 52.3 Å². The predicted octanol–water partition coefficient (Wildman–Crippen LogP) is 1.29. The summed E-state index contributed by atoms with van der Waals surface area (Å²) in [5, 5.41) is 0. The molecule has 0 aliphatic heterocycles. The number of carbonyl (C=O) groups excluding carboxylic acids is 1. The van der Waals surface area contributed by atoms with Crippen molar-refractivity contribution >= 4 is 28.6 Å². The molecule has 0 spiro atoms. The molecule has 0 radical (unpaired) electrons. The van der Waals surface area contributed by atoms with E-state index in [1.165, 1.54) is 0 Å². The van der Waals surface area contributed by atoms with Gasteiger partial charge in [0.1, 0.15) is 6.61 Å². The van der Waals surface area contributed by atoms with Gasteiger partial charge in [-0.3, -0.25) is 4.79 Å². The Morgan fingerprint density at radius 2 is 2.00 bits per heavy atom. The summed E-state index contributed by atoms with van der Waals surface area (Å²) in [6, 6.07) is 7.77. The molecule has 0 heterocycles. The number of benzene rings is 1. The maximum Gasteiger partial charge on any atom is 0.320 e. The number of nitrogens with two attached hydrogens (primary N) is 1. The largest absolute Gasteiger partial charge is 0.460 e. The van der Waals surface area contributed by atoms with Crippen molar-refractivity contribution in [1.82, 2.24) is 0 Å². The summed E-state index contributed by atoms with van der Waals surface area (Å²) in [5.74, 6) is -0.376. The van der Waals surface area contributed by atoms with Crippen LogP contribution in [0.15, 0.2) is 24.3 Å². The monoisotopic (exact) mass is 291 g/mol. The Kier molecular flexibility index (Phi) is 4.17. The van der Waals surface area contributed by atoms with Crippen molar-refractivity contribution in [2.75, 3.05) is 6.54 Å². The lowest BCUT2D eigenvalue weighted by Gasteiger charge is -2.02. The number of ether oxygens (including phenoxy) is 1. The third-order valence-electron chi connectivity index (χ3n) is 1.48. The van der Waals surface area contributed by atoms with Crippen LogP contribution in [-0.2, 0) is 16.1 Å². The lowest BCUT2D eigenvalue weighted by Crippen LogP contribution is -2.16. The average molecular weight is 291 g/mol. The van der Waals surface area contributed by atoms with Crippen LogP contribution in [0.3, 0.4) is 0 Å². The highest BCUT2D eigenvalue weighted by atomic mass is 127. The smallest absolute Gasteiger partial charge is 0.320 e. The van der Waals surface area contributed by atoms with Crippen LogP contribution in [0.5, 0.6) is 0 Å². The fourth-order valence-corrected chi connectivity index (χ4v) is 1.16. The van der Waals surface area contributed by atoms with E-state index in [9.17, 15) is 4.79 Å². The van der Waals surface area contributed by atoms with Crippen LogP contribution in [0.1, 0.15) is 5.56 Å². The number of esters is 1. The first-order chi connectivity index (χ1) is 6.22. The molecule has 2 N–H and O–H groups in total. The van der Waals surface area contributed by atoms with Gasteiger partial charge in [0.05, 0.1) is 6.54 Å². The van der Waals surface area contributed by atoms with Gasteiger partial charge in [-0.2, -0.15) is 0 Å². The van der Waals surface area contributed by atoms with Gasteiger partial charge in [-0.1, -0.05) is 12.1 Å². The predicted molar refractivity (Wildman–Crippen MR) is 58.0 cm³/mol. The maximum absolute atomic E-state index is 10.7. The quantitative estimate of drug-likeness (QED) is 0.674. The molecule has 1 rings (SSSR count). The number of hydrogen-bond donors (Lipinski definition) is 1. The summed E-state index contributed by atoms with van der Waals surface area (Å²) in [6.07, 6.45) is 0. The van der Waals surface area contributed by atoms with Crippen LogP contribution in [0.4, 0.5) is 0 Å². The lowest BCUT2D eigenvalue weighted by molar-refractivity contribution is -0.143. The molecule has 0 aliphatic carbocycles. The Morgan fingerprint density at radius 3 is 2.54 bits per heavy atom. The molecule has 1 aromatic carbocycles. The summed E-state index contributed by atoms with van der Waals surface area (Å²) in [6.45, 7) is 0.233. The number of rotatable bonds is 3. The summed E-state index contributed by atoms with van der Waals surface area (Å²) in [4.78, 5) is 10.7. The van der Waals surface area contributed by atoms with Crippen molar-refractivity contribution in [3.05, 3.63) is 33.4 Å². The first-order valence-corrected chi connectivity index (χ1v) is 4.90. The van der Waals surface area contributed by atoms with Crippen LogP contribution in [-0.4, -0.2) is 12.5 Å². The highest BCUT2D eigenvalue weighted by Crippen LogP contribution is 2.07. The van der Waals surface area contributed by atoms with Gasteiger partial charge in [-0.15, -0.1) is 0 Å². The van der Waals surface area contributed by atoms with Gasteiger partial charge in [0.15, 0.2) is 0 Å². The minimum absolute atomic E-state index is 0.0651. The standard InChI is InChI=1S/C9H10INO2/c10-8-3-1-7(2-4-8)6-13-9(12)5-11/h1-4H,5-6,11H2. The Bertz CT molecular complexity index is 284. The minimum Gasteiger partial charge on any atom is -0.460 e. The highest BCUT2D eigenvalue weighted by molar-refractivity contribution is 14.1. The van der Waals surface area contributed by atoms with Gasteiger partial charge in [-0.25, -0.2) is 0 Å². The van der Waals surface area contributed by atoms with Crippen LogP contribution in [0.2, 0.25) is 0 Å². The van der Waals surface area contributed by atoms with Crippen molar-refractivity contribution in [3.8, 4) is 0 Å². The number of halogens is 1. The molecule has 0 atom stereocenters. The molecule has 0 amide bonds. The zero-order valence-corrected chi connectivity index (χ0v) is 9.15. The van der Waals surface area contributed by atoms with Gasteiger partial charge in [-0.05, 0) is 40.3 Å². The molecular weight excluding hydrogens is 281 g/mol. The highest BCUT2D eigenvalue weighted by Gasteiger charge is 1.98. The van der Waals surface area contributed by atoms with E-state index < -0.39 is 0 Å². The van der Waals surface area contributed by atoms with Gasteiger partial charge >= 0.3 is 5.97 Å². The molecule has 70 valence electrons. The third kappa shape index (κ3) is 3.73. The second-order valence-electron chi connectivity index (χ2n) is 2.49. The van der Waals surface area contributed by atoms with Crippen LogP contribution in [0.25, 0.3) is 0 Å². The van der Waals surface area contributed by atoms with Gasteiger partial charge in [0.2, 0.25) is 0 Å². The van der Waals surface area contributed by atoms with Crippen LogP contribution < -0.4 is 5.73 Å². The second-order valence-corrected chi connectivity index (χ2v) is 3.74. The second kappa shape index (κ2) is 5.18. The lowest BCUT2D eigenvalue weighted by atomic mass is 10.2. The van der Waals surface area contributed by atoms with Crippen molar-refractivity contribution in [2.45, 2.75) is 6.61 Å². The Balaban J connectivity index is 2.46. The van der Waals surface area contributed by atoms with Gasteiger partial charge < -0.3 is 10.5 Å². The van der Waals surface area contributed by atoms with Crippen LogP contribution >= 0.6 is 22.6 Å². The van der Waals surface area contributed by atoms with Crippen molar-refractivity contribution in [2.24, 2.45) is 5.73 Å². The molecule has 3 nitrogen and oxygen atoms in total. The average Bonchev–Trinajstić information content (AvgIpc) is 2.16. The van der Waals surface area contributed by atoms with Crippen LogP contribution in [0, 0.1) is 3.57 Å². The van der Waals surface area contributed by atoms with E-state index in [4.69, 9.17) is 10.5 Å². The van der Waals surface area contributed by atoms with E-state index in [2.05, 4.69) is 22.6 Å². The minimum atomic E-state index is -0.376. The summed E-state index contributed by atoms with van der Waals surface area (Å²) in [7, 11) is 0. The molecule has 0 saturated heterocycles. The van der Waals surface area contributed by atoms with E-state index in [0.29, 0.717) is 6.61 Å². The Hall–Kier alpha value is -0.620. The molecule has 0 fully saturated rings. The zero-order chi connectivity index (χ0) is 9.68. The molecule has 4 heteroatoms. The summed E-state index contributed by atoms with van der Waals surface area (Å²) < 4.78 is 6.01. The molecule has 0 unspecified atom stereocenters. The first kappa shape index (κ1) is 10.5. The molecular formula is C9H10INO2.